The number of hydrogen-bond acceptors (Lipinski definition) is 4. The van der Waals surface area contributed by atoms with Crippen LogP contribution in [-0.2, 0) is 4.79 Å². The van der Waals surface area contributed by atoms with Gasteiger partial charge in [-0.2, -0.15) is 0 Å². The quantitative estimate of drug-likeness (QED) is 0.885. The topological polar surface area (TPSA) is 54.0 Å². The number of anilines is 1. The Morgan fingerprint density at radius 3 is 2.50 bits per heavy atom. The lowest BCUT2D eigenvalue weighted by atomic mass is 9.88. The van der Waals surface area contributed by atoms with Gasteiger partial charge < -0.3 is 10.6 Å². The average Bonchev–Trinajstić information content (AvgIpc) is 2.76. The normalized spacial score (nSPS) is 15.9. The van der Waals surface area contributed by atoms with Crippen LogP contribution in [0.1, 0.15) is 11.8 Å². The molecule has 0 spiro atoms. The van der Waals surface area contributed by atoms with Gasteiger partial charge in [0.1, 0.15) is 17.5 Å². The molecule has 0 aliphatic carbocycles. The van der Waals surface area contributed by atoms with Gasteiger partial charge in [-0.05, 0) is 25.9 Å². The molecular formula is C16H16F3N3OS. The van der Waals surface area contributed by atoms with Crippen LogP contribution in [0.15, 0.2) is 12.1 Å². The SMILES string of the molecule is Cc1sc(NC(=O)C(C)C2CNC2)nc1-c1c(F)cc(F)cc1F. The van der Waals surface area contributed by atoms with Gasteiger partial charge in [-0.25, -0.2) is 18.2 Å². The molecular weight excluding hydrogens is 339 g/mol. The van der Waals surface area contributed by atoms with Crippen LogP contribution in [0.25, 0.3) is 11.3 Å². The molecule has 2 aromatic rings. The summed E-state index contributed by atoms with van der Waals surface area (Å²) in [6.45, 7) is 5.07. The van der Waals surface area contributed by atoms with Gasteiger partial charge in [-0.15, -0.1) is 11.3 Å². The standard InChI is InChI=1S/C16H16F3N3OS/c1-7(9-5-20-6-9)15(23)22-16-21-14(8(2)24-16)13-11(18)3-10(17)4-12(13)19/h3-4,7,9,20H,5-6H2,1-2H3,(H,21,22,23). The zero-order valence-corrected chi connectivity index (χ0v) is 13.9. The number of nitrogens with zero attached hydrogens (tertiary/aromatic N) is 1. The summed E-state index contributed by atoms with van der Waals surface area (Å²) < 4.78 is 40.9. The fourth-order valence-electron chi connectivity index (χ4n) is 2.55. The Morgan fingerprint density at radius 2 is 1.96 bits per heavy atom. The van der Waals surface area contributed by atoms with Crippen LogP contribution < -0.4 is 10.6 Å². The van der Waals surface area contributed by atoms with Gasteiger partial charge in [-0.1, -0.05) is 6.92 Å². The van der Waals surface area contributed by atoms with Gasteiger partial charge in [0.05, 0.1) is 11.3 Å². The van der Waals surface area contributed by atoms with Gasteiger partial charge in [0.25, 0.3) is 0 Å². The van der Waals surface area contributed by atoms with Crippen molar-refractivity contribution in [3.63, 3.8) is 0 Å². The third-order valence-electron chi connectivity index (χ3n) is 4.20. The maximum absolute atomic E-state index is 13.9. The molecule has 1 aliphatic rings. The minimum Gasteiger partial charge on any atom is -0.316 e. The zero-order chi connectivity index (χ0) is 17.4. The second kappa shape index (κ2) is 6.52. The summed E-state index contributed by atoms with van der Waals surface area (Å²) in [4.78, 5) is 16.9. The first-order valence-electron chi connectivity index (χ1n) is 7.50. The van der Waals surface area contributed by atoms with Gasteiger partial charge in [-0.3, -0.25) is 4.79 Å². The lowest BCUT2D eigenvalue weighted by Crippen LogP contribution is -2.48. The number of aryl methyl sites for hydroxylation is 1. The van der Waals surface area contributed by atoms with Crippen LogP contribution in [0.4, 0.5) is 18.3 Å². The first-order chi connectivity index (χ1) is 11.4. The van der Waals surface area contributed by atoms with Crippen LogP contribution in [-0.4, -0.2) is 24.0 Å². The molecule has 1 atom stereocenters. The molecule has 8 heteroatoms. The molecule has 128 valence electrons. The van der Waals surface area contributed by atoms with E-state index in [0.717, 1.165) is 24.4 Å². The Hall–Kier alpha value is -1.93. The Kier molecular flexibility index (Phi) is 4.60. The van der Waals surface area contributed by atoms with E-state index >= 15 is 0 Å². The van der Waals surface area contributed by atoms with Crippen molar-refractivity contribution < 1.29 is 18.0 Å². The minimum atomic E-state index is -1.02. The second-order valence-corrected chi connectivity index (χ2v) is 7.07. The maximum atomic E-state index is 13.9. The van der Waals surface area contributed by atoms with Crippen molar-refractivity contribution in [1.82, 2.24) is 10.3 Å². The number of halogens is 3. The summed E-state index contributed by atoms with van der Waals surface area (Å²) in [5.41, 5.74) is -0.315. The van der Waals surface area contributed by atoms with Crippen molar-refractivity contribution in [1.29, 1.82) is 0 Å². The fourth-order valence-corrected chi connectivity index (χ4v) is 3.37. The van der Waals surface area contributed by atoms with Crippen LogP contribution >= 0.6 is 11.3 Å². The van der Waals surface area contributed by atoms with Crippen molar-refractivity contribution >= 4 is 22.4 Å². The van der Waals surface area contributed by atoms with E-state index in [1.807, 2.05) is 6.92 Å². The van der Waals surface area contributed by atoms with Gasteiger partial charge in [0, 0.05) is 22.9 Å². The number of hydrogen-bond donors (Lipinski definition) is 2. The highest BCUT2D eigenvalue weighted by Gasteiger charge is 2.29. The molecule has 4 nitrogen and oxygen atoms in total. The predicted molar refractivity (Wildman–Crippen MR) is 86.3 cm³/mol. The van der Waals surface area contributed by atoms with Gasteiger partial charge in [0.15, 0.2) is 5.13 Å². The van der Waals surface area contributed by atoms with Crippen LogP contribution in [0.3, 0.4) is 0 Å². The molecule has 1 amide bonds. The number of benzene rings is 1. The van der Waals surface area contributed by atoms with Crippen LogP contribution in [0.5, 0.6) is 0 Å². The van der Waals surface area contributed by atoms with Crippen molar-refractivity contribution in [3.05, 3.63) is 34.5 Å². The summed E-state index contributed by atoms with van der Waals surface area (Å²) in [5.74, 6) is -3.11. The Bertz CT molecular complexity index is 766. The lowest BCUT2D eigenvalue weighted by Gasteiger charge is -2.31. The molecule has 1 saturated heterocycles. The largest absolute Gasteiger partial charge is 0.316 e. The Morgan fingerprint density at radius 1 is 1.33 bits per heavy atom. The molecule has 24 heavy (non-hydrogen) atoms. The van der Waals surface area contributed by atoms with Crippen molar-refractivity contribution in [3.8, 4) is 11.3 Å². The van der Waals surface area contributed by atoms with E-state index in [-0.39, 0.29) is 34.1 Å². The second-order valence-electron chi connectivity index (χ2n) is 5.86. The third kappa shape index (κ3) is 3.16. The highest BCUT2D eigenvalue weighted by molar-refractivity contribution is 7.16. The van der Waals surface area contributed by atoms with Gasteiger partial charge >= 0.3 is 0 Å². The Labute approximate surface area is 141 Å². The molecule has 0 saturated carbocycles. The molecule has 3 rings (SSSR count). The molecule has 0 radical (unpaired) electrons. The molecule has 1 aromatic heterocycles. The van der Waals surface area contributed by atoms with E-state index in [9.17, 15) is 18.0 Å². The summed E-state index contributed by atoms with van der Waals surface area (Å²) in [5, 5.41) is 6.07. The smallest absolute Gasteiger partial charge is 0.229 e. The van der Waals surface area contributed by atoms with E-state index in [1.54, 1.807) is 6.92 Å². The highest BCUT2D eigenvalue weighted by atomic mass is 32.1. The molecule has 1 fully saturated rings. The first kappa shape index (κ1) is 16.9. The third-order valence-corrected chi connectivity index (χ3v) is 5.09. The van der Waals surface area contributed by atoms with E-state index in [1.165, 1.54) is 0 Å². The van der Waals surface area contributed by atoms with E-state index < -0.39 is 17.5 Å². The van der Waals surface area contributed by atoms with Crippen molar-refractivity contribution in [2.45, 2.75) is 13.8 Å². The minimum absolute atomic E-state index is 0.0725. The van der Waals surface area contributed by atoms with E-state index in [4.69, 9.17) is 0 Å². The van der Waals surface area contributed by atoms with Crippen LogP contribution in [0, 0.1) is 36.2 Å². The molecule has 1 unspecified atom stereocenters. The van der Waals surface area contributed by atoms with Crippen molar-refractivity contribution in [2.75, 3.05) is 18.4 Å². The number of carbonyl (C=O) groups is 1. The number of carbonyl (C=O) groups excluding carboxylic acids is 1. The summed E-state index contributed by atoms with van der Waals surface area (Å²) in [6, 6.07) is 1.22. The molecule has 2 heterocycles. The van der Waals surface area contributed by atoms with E-state index in [0.29, 0.717) is 17.0 Å². The highest BCUT2D eigenvalue weighted by Crippen LogP contribution is 2.34. The number of nitrogens with one attached hydrogen (secondary N) is 2. The molecule has 1 aromatic carbocycles. The lowest BCUT2D eigenvalue weighted by molar-refractivity contribution is -0.121. The summed E-state index contributed by atoms with van der Waals surface area (Å²) in [7, 11) is 0. The fraction of sp³-hybridized carbons (Fsp3) is 0.375. The number of rotatable bonds is 4. The summed E-state index contributed by atoms with van der Waals surface area (Å²) >= 11 is 1.13. The number of thiazole rings is 1. The zero-order valence-electron chi connectivity index (χ0n) is 13.1. The summed E-state index contributed by atoms with van der Waals surface area (Å²) in [6.07, 6.45) is 0. The molecule has 2 N–H and O–H groups in total. The van der Waals surface area contributed by atoms with Crippen molar-refractivity contribution in [2.24, 2.45) is 11.8 Å². The van der Waals surface area contributed by atoms with Crippen LogP contribution in [0.2, 0.25) is 0 Å². The molecule has 1 aliphatic heterocycles. The number of aromatic nitrogens is 1. The first-order valence-corrected chi connectivity index (χ1v) is 8.32. The predicted octanol–water partition coefficient (Wildman–Crippen LogP) is 3.33. The van der Waals surface area contributed by atoms with E-state index in [2.05, 4.69) is 15.6 Å². The average molecular weight is 355 g/mol. The Balaban J connectivity index is 1.84. The maximum Gasteiger partial charge on any atom is 0.229 e. The molecule has 0 bridgehead atoms. The number of amides is 1. The van der Waals surface area contributed by atoms with Gasteiger partial charge in [0.2, 0.25) is 5.91 Å². The monoisotopic (exact) mass is 355 g/mol.